The molecule has 10 N–H and O–H groups in total. The molecule has 0 aliphatic carbocycles. The minimum atomic E-state index is -1.39. The van der Waals surface area contributed by atoms with Gasteiger partial charge in [-0.25, -0.2) is 28.8 Å². The number of ether oxygens (including phenoxy) is 5. The highest BCUT2D eigenvalue weighted by Gasteiger charge is 2.46. The Morgan fingerprint density at radius 3 is 0.864 bits per heavy atom. The number of alkyl halides is 1. The van der Waals surface area contributed by atoms with Gasteiger partial charge in [-0.1, -0.05) is 270 Å². The monoisotopic (exact) mass is 2290 g/mol. The van der Waals surface area contributed by atoms with Crippen LogP contribution in [0.3, 0.4) is 0 Å². The number of hydrogen-bond donors (Lipinski definition) is 8. The predicted molar refractivity (Wildman–Crippen MR) is 526 cm³/mol. The lowest BCUT2D eigenvalue weighted by Crippen LogP contribution is -2.45. The zero-order valence-electron chi connectivity index (χ0n) is 73.9. The third-order valence-corrected chi connectivity index (χ3v) is 21.3. The molecule has 0 saturated carbocycles. The van der Waals surface area contributed by atoms with Crippen LogP contribution in [0.4, 0.5) is 14.4 Å². The van der Waals surface area contributed by atoms with Crippen LogP contribution < -0.4 is 27.4 Å². The van der Waals surface area contributed by atoms with Crippen LogP contribution in [0.25, 0.3) is 0 Å². The number of nitrogens with two attached hydrogens (primary N) is 2. The van der Waals surface area contributed by atoms with Gasteiger partial charge in [-0.2, -0.15) is 0 Å². The van der Waals surface area contributed by atoms with E-state index in [1.807, 2.05) is 214 Å². The summed E-state index contributed by atoms with van der Waals surface area (Å²) >= 11 is 43.4. The van der Waals surface area contributed by atoms with E-state index in [4.69, 9.17) is 108 Å². The number of amides is 3. The average Bonchev–Trinajstić information content (AvgIpc) is 0.744. The molecule has 0 radical (unpaired) electrons. The van der Waals surface area contributed by atoms with Crippen molar-refractivity contribution in [2.75, 3.05) is 39.6 Å². The molecule has 0 spiro atoms. The maximum absolute atomic E-state index is 13.8. The molecule has 9 rings (SSSR count). The molecule has 714 valence electrons. The fourth-order valence-corrected chi connectivity index (χ4v) is 14.8. The number of alkyl carbamates (subject to hydrolysis) is 3. The number of carboxylic acid groups (broad SMARTS) is 3. The van der Waals surface area contributed by atoms with Crippen LogP contribution in [0.5, 0.6) is 0 Å². The van der Waals surface area contributed by atoms with Crippen LogP contribution in [0.2, 0.25) is 15.1 Å². The number of carboxylic acids is 3. The number of esters is 2. The molecule has 0 aromatic heterocycles. The summed E-state index contributed by atoms with van der Waals surface area (Å²) in [6, 6.07) is 69.7. The second kappa shape index (κ2) is 57.4. The van der Waals surface area contributed by atoms with Gasteiger partial charge in [0.2, 0.25) is 0 Å². The van der Waals surface area contributed by atoms with Crippen molar-refractivity contribution in [2.45, 2.75) is 153 Å². The van der Waals surface area contributed by atoms with Crippen LogP contribution >= 0.6 is 144 Å². The number of aryl methyl sites for hydroxylation is 3. The quantitative estimate of drug-likeness (QED) is 0.00803. The molecule has 9 aromatic rings. The molecule has 0 saturated heterocycles. The number of hydrogen-bond acceptors (Lipinski definition) is 22. The van der Waals surface area contributed by atoms with Crippen LogP contribution in [0.15, 0.2) is 237 Å². The van der Waals surface area contributed by atoms with E-state index in [-0.39, 0.29) is 51.8 Å². The minimum absolute atomic E-state index is 0.0277. The van der Waals surface area contributed by atoms with Crippen LogP contribution in [0.1, 0.15) is 135 Å². The number of ketones is 1. The van der Waals surface area contributed by atoms with Crippen molar-refractivity contribution in [3.8, 4) is 0 Å². The van der Waals surface area contributed by atoms with E-state index in [0.717, 1.165) is 38.9 Å². The van der Waals surface area contributed by atoms with Gasteiger partial charge in [-0.05, 0) is 112 Å². The van der Waals surface area contributed by atoms with Crippen LogP contribution in [-0.2, 0) is 91.5 Å². The fourth-order valence-electron chi connectivity index (χ4n) is 11.9. The minimum Gasteiger partial charge on any atom is -0.480 e. The summed E-state index contributed by atoms with van der Waals surface area (Å²) in [5.74, 6) is -6.12. The second-order valence-electron chi connectivity index (χ2n) is 31.8. The normalized spacial score (nSPS) is 13.8. The first kappa shape index (κ1) is 116. The highest BCUT2D eigenvalue weighted by atomic mass is 79.9. The number of carbonyl (C=O) groups excluding carboxylic acids is 6. The van der Waals surface area contributed by atoms with Crippen molar-refractivity contribution in [1.29, 1.82) is 0 Å². The average molecular weight is 2290 g/mol. The summed E-state index contributed by atoms with van der Waals surface area (Å²) in [6.45, 7) is 20.5. The molecule has 3 amide bonds. The zero-order chi connectivity index (χ0) is 98.7. The molecular formula is C94H105Br6Cl4N5O23. The first-order valence-electron chi connectivity index (χ1n) is 40.1. The lowest BCUT2D eigenvalue weighted by atomic mass is 9.79. The summed E-state index contributed by atoms with van der Waals surface area (Å²) in [5, 5.41) is 34.1. The Bertz CT molecular complexity index is 5000. The molecule has 0 fully saturated rings. The Balaban J connectivity index is 0.000000344. The number of benzene rings is 9. The highest BCUT2D eigenvalue weighted by molar-refractivity contribution is 9.06. The summed E-state index contributed by atoms with van der Waals surface area (Å²) in [6.07, 6.45) is -2.57. The summed E-state index contributed by atoms with van der Waals surface area (Å²) in [7, 11) is 0. The SMILES string of the molecule is CC(C)(C)OC(=O)N[C@@H](COBr)C(=O)O.CC(C)(C)OC(=O)N[C@@H](COBr)C(=O)O.CC(C)(C)OC(=O)N[C@@H](COBr)C(=O)O.Cc1ccc(C(Cl)(c2ccccc2)c2ccccc2Cl)cc1.Cc1ccc(C(OC(=O)C(COBr)CC(=O)C(N)COBr)(c2ccccc2)c2ccccc2Cl)cc1.Cc1ccc(C(OC(=O)C(N)COBr)(c2ccccc2)c2ccccc2Cl)cc1. The Morgan fingerprint density at radius 1 is 0.326 bits per heavy atom. The molecule has 9 aromatic carbocycles. The van der Waals surface area contributed by atoms with E-state index in [1.165, 1.54) is 5.56 Å². The second-order valence-corrected chi connectivity index (χ2v) is 36.4. The lowest BCUT2D eigenvalue weighted by Gasteiger charge is -2.37. The summed E-state index contributed by atoms with van der Waals surface area (Å²) in [4.78, 5) is 104. The van der Waals surface area contributed by atoms with Gasteiger partial charge < -0.3 is 89.4 Å². The third-order valence-electron chi connectivity index (χ3n) is 18.1. The Morgan fingerprint density at radius 2 is 0.576 bits per heavy atom. The van der Waals surface area contributed by atoms with E-state index in [0.29, 0.717) is 37.3 Å². The van der Waals surface area contributed by atoms with Gasteiger partial charge in [0, 0.05) is 60.4 Å². The standard InChI is InChI=1S/C27H26Br2ClNO5.C23H21BrClNO3.C20H16Cl2.3C8H14BrNO5/c1-18-11-13-21(14-12-18)27(20-7-3-2-4-8-20,22-9-5-6-10-23(22)30)36-26(33)19(16-34-28)15-25(32)24(31)17-35-29;1-16-11-13-18(14-12-16)23(17-7-3-2-4-8-17,19-9-5-6-10-20(19)25)29-22(27)21(26)15-28-24;1-15-11-13-17(14-12-15)20(22,16-7-3-2-4-8-16)18-9-5-6-10-19(18)21;3*1-8(2,3)15-7(13)10-5(4-14-9)6(11)12/h2-14,19,24H,15-17,31H2,1H3;2-14,21H,15,26H2,1H3;2-14H,1H3;3*5H,4H2,1-3H3,(H,10,13)(H,11,12)/t;;;3*5-/m...000/s1. The first-order valence-corrected chi connectivity index (χ1v) is 45.5. The van der Waals surface area contributed by atoms with Gasteiger partial charge in [0.15, 0.2) is 35.1 Å². The van der Waals surface area contributed by atoms with Crippen molar-refractivity contribution in [1.82, 2.24) is 16.0 Å². The van der Waals surface area contributed by atoms with Crippen molar-refractivity contribution < 1.29 is 105 Å². The number of carbonyl (C=O) groups is 9. The molecule has 0 heterocycles. The topological polar surface area (TPSA) is 404 Å². The maximum atomic E-state index is 13.8. The predicted octanol–water partition coefficient (Wildman–Crippen LogP) is 21.2. The third kappa shape index (κ3) is 38.0. The number of Topliss-reactive ketones (excluding diaryl/α,β-unsaturated/α-hetero) is 1. The number of halogens is 10. The number of rotatable bonds is 34. The number of nitrogens with one attached hydrogen (secondary N) is 3. The smallest absolute Gasteiger partial charge is 0.408 e. The van der Waals surface area contributed by atoms with Crippen molar-refractivity contribution >= 4 is 198 Å². The van der Waals surface area contributed by atoms with Crippen molar-refractivity contribution in [3.63, 3.8) is 0 Å². The Kier molecular flexibility index (Phi) is 50.4. The lowest BCUT2D eigenvalue weighted by molar-refractivity contribution is -0.161. The van der Waals surface area contributed by atoms with Gasteiger partial charge in [0.1, 0.15) is 27.7 Å². The molecule has 28 nitrogen and oxygen atoms in total. The molecular weight excluding hydrogens is 2190 g/mol. The molecule has 0 aliphatic heterocycles. The molecule has 38 heteroatoms. The van der Waals surface area contributed by atoms with E-state index < -0.39 is 117 Å². The van der Waals surface area contributed by atoms with Gasteiger partial charge in [0.05, 0.1) is 149 Å². The van der Waals surface area contributed by atoms with E-state index in [1.54, 1.807) is 74.4 Å². The molecule has 6 unspecified atom stereocenters. The van der Waals surface area contributed by atoms with Gasteiger partial charge in [-0.3, -0.25) is 14.4 Å². The molecule has 9 atom stereocenters. The largest absolute Gasteiger partial charge is 0.480 e. The maximum Gasteiger partial charge on any atom is 0.408 e. The summed E-state index contributed by atoms with van der Waals surface area (Å²) < 4.78 is 55.4. The number of aliphatic carboxylic acids is 3. The van der Waals surface area contributed by atoms with Crippen LogP contribution in [0, 0.1) is 26.7 Å². The van der Waals surface area contributed by atoms with Crippen molar-refractivity contribution in [2.24, 2.45) is 17.4 Å². The molecule has 132 heavy (non-hydrogen) atoms. The van der Waals surface area contributed by atoms with Gasteiger partial charge in [-0.15, -0.1) is 11.6 Å². The first-order chi connectivity index (χ1) is 62.2. The summed E-state index contributed by atoms with van der Waals surface area (Å²) in [5.41, 5.74) is 17.6. The Labute approximate surface area is 839 Å². The Hall–Kier alpha value is -8.47. The van der Waals surface area contributed by atoms with Gasteiger partial charge >= 0.3 is 48.1 Å². The fraction of sp³-hybridized carbons (Fsp3) is 0.330. The zero-order valence-corrected chi connectivity index (χ0v) is 86.4. The molecule has 0 aliphatic rings. The van der Waals surface area contributed by atoms with Crippen molar-refractivity contribution in [3.05, 3.63) is 318 Å². The van der Waals surface area contributed by atoms with E-state index >= 15 is 0 Å². The highest BCUT2D eigenvalue weighted by Crippen LogP contribution is 2.48. The van der Waals surface area contributed by atoms with E-state index in [2.05, 4.69) is 156 Å². The molecule has 0 bridgehead atoms. The van der Waals surface area contributed by atoms with Crippen LogP contribution in [-0.4, -0.2) is 156 Å². The van der Waals surface area contributed by atoms with Gasteiger partial charge in [0.25, 0.3) is 0 Å². The van der Waals surface area contributed by atoms with E-state index in [9.17, 15) is 43.2 Å².